The Balaban J connectivity index is 1.70. The fraction of sp³-hybridized carbons (Fsp3) is 0.357. The number of carbonyl (C=O) groups is 1. The summed E-state index contributed by atoms with van der Waals surface area (Å²) in [5, 5.41) is 18.6. The highest BCUT2D eigenvalue weighted by Gasteiger charge is 2.31. The van der Waals surface area contributed by atoms with Crippen molar-refractivity contribution in [2.75, 3.05) is 0 Å². The minimum Gasteiger partial charge on any atom is -0.481 e. The van der Waals surface area contributed by atoms with Gasteiger partial charge in [-0.2, -0.15) is 0 Å². The standard InChI is InChI=1S/C14H12Cl2N2O3S/c15-8-2-4-10(11(16)6-8)12-17-18-14(21-12)22-9-3-1-7(5-9)13(19)20/h2,4,6-7,9H,1,3,5H2,(H,19,20)/t7-,9-/m1/s1. The van der Waals surface area contributed by atoms with Crippen LogP contribution in [-0.4, -0.2) is 26.5 Å². The maximum atomic E-state index is 11.0. The molecular formula is C14H12Cl2N2O3S. The van der Waals surface area contributed by atoms with Gasteiger partial charge in [-0.3, -0.25) is 4.79 Å². The highest BCUT2D eigenvalue weighted by Crippen LogP contribution is 2.38. The Morgan fingerprint density at radius 3 is 2.82 bits per heavy atom. The van der Waals surface area contributed by atoms with Gasteiger partial charge in [-0.1, -0.05) is 35.0 Å². The first-order valence-electron chi connectivity index (χ1n) is 6.71. The number of hydrogen-bond acceptors (Lipinski definition) is 5. The summed E-state index contributed by atoms with van der Waals surface area (Å²) >= 11 is 13.4. The minimum atomic E-state index is -0.734. The topological polar surface area (TPSA) is 76.2 Å². The van der Waals surface area contributed by atoms with E-state index in [1.54, 1.807) is 18.2 Å². The summed E-state index contributed by atoms with van der Waals surface area (Å²) in [4.78, 5) is 11.0. The number of aromatic nitrogens is 2. The average Bonchev–Trinajstić information content (AvgIpc) is 3.09. The Bertz CT molecular complexity index is 707. The van der Waals surface area contributed by atoms with Gasteiger partial charge >= 0.3 is 5.97 Å². The molecule has 1 aliphatic rings. The predicted molar refractivity (Wildman–Crippen MR) is 84.4 cm³/mol. The van der Waals surface area contributed by atoms with Crippen LogP contribution in [0.2, 0.25) is 10.0 Å². The lowest BCUT2D eigenvalue weighted by Crippen LogP contribution is -2.09. The SMILES string of the molecule is O=C(O)[C@@H]1CC[C@@H](Sc2nnc(-c3ccc(Cl)cc3Cl)o2)C1. The first-order chi connectivity index (χ1) is 10.5. The fourth-order valence-electron chi connectivity index (χ4n) is 2.44. The number of aliphatic carboxylic acids is 1. The van der Waals surface area contributed by atoms with E-state index in [0.717, 1.165) is 6.42 Å². The zero-order valence-corrected chi connectivity index (χ0v) is 13.7. The summed E-state index contributed by atoms with van der Waals surface area (Å²) in [6, 6.07) is 5.04. The molecule has 0 spiro atoms. The van der Waals surface area contributed by atoms with Gasteiger partial charge in [0.25, 0.3) is 5.22 Å². The van der Waals surface area contributed by atoms with E-state index in [1.165, 1.54) is 11.8 Å². The molecule has 1 N–H and O–H groups in total. The van der Waals surface area contributed by atoms with Crippen LogP contribution in [0.1, 0.15) is 19.3 Å². The van der Waals surface area contributed by atoms with E-state index >= 15 is 0 Å². The normalized spacial score (nSPS) is 21.2. The van der Waals surface area contributed by atoms with Gasteiger partial charge in [0.1, 0.15) is 0 Å². The molecule has 2 atom stereocenters. The van der Waals surface area contributed by atoms with Crippen LogP contribution in [0.3, 0.4) is 0 Å². The summed E-state index contributed by atoms with van der Waals surface area (Å²) in [5.74, 6) is -0.676. The predicted octanol–water partition coefficient (Wildman–Crippen LogP) is 4.39. The molecule has 0 saturated heterocycles. The van der Waals surface area contributed by atoms with E-state index in [1.807, 2.05) is 0 Å². The van der Waals surface area contributed by atoms with E-state index < -0.39 is 5.97 Å². The maximum Gasteiger partial charge on any atom is 0.306 e. The van der Waals surface area contributed by atoms with Crippen molar-refractivity contribution in [3.05, 3.63) is 28.2 Å². The summed E-state index contributed by atoms with van der Waals surface area (Å²) in [6.07, 6.45) is 2.15. The highest BCUT2D eigenvalue weighted by atomic mass is 35.5. The van der Waals surface area contributed by atoms with Crippen LogP contribution >= 0.6 is 35.0 Å². The molecule has 1 saturated carbocycles. The van der Waals surface area contributed by atoms with E-state index in [-0.39, 0.29) is 11.2 Å². The Morgan fingerprint density at radius 2 is 2.14 bits per heavy atom. The van der Waals surface area contributed by atoms with Crippen molar-refractivity contribution in [1.82, 2.24) is 10.2 Å². The van der Waals surface area contributed by atoms with Gasteiger partial charge in [0.05, 0.1) is 16.5 Å². The number of benzene rings is 1. The third-order valence-electron chi connectivity index (χ3n) is 3.57. The minimum absolute atomic E-state index is 0.190. The molecule has 1 heterocycles. The molecule has 0 unspecified atom stereocenters. The van der Waals surface area contributed by atoms with Gasteiger partial charge in [0.15, 0.2) is 0 Å². The zero-order valence-electron chi connectivity index (χ0n) is 11.3. The van der Waals surface area contributed by atoms with Crippen LogP contribution in [0.25, 0.3) is 11.5 Å². The lowest BCUT2D eigenvalue weighted by atomic mass is 10.1. The van der Waals surface area contributed by atoms with Gasteiger partial charge in [0, 0.05) is 10.3 Å². The molecule has 0 aliphatic heterocycles. The second-order valence-corrected chi connectivity index (χ2v) is 7.18. The van der Waals surface area contributed by atoms with Gasteiger partial charge in [-0.05, 0) is 37.5 Å². The van der Waals surface area contributed by atoms with Gasteiger partial charge < -0.3 is 9.52 Å². The molecule has 5 nitrogen and oxygen atoms in total. The molecule has 0 amide bonds. The molecule has 1 aromatic heterocycles. The largest absolute Gasteiger partial charge is 0.481 e. The lowest BCUT2D eigenvalue weighted by molar-refractivity contribution is -0.141. The fourth-order valence-corrected chi connectivity index (χ4v) is 4.02. The Hall–Kier alpha value is -1.24. The number of thioether (sulfide) groups is 1. The summed E-state index contributed by atoms with van der Waals surface area (Å²) in [5.41, 5.74) is 0.625. The van der Waals surface area contributed by atoms with Crippen molar-refractivity contribution in [2.24, 2.45) is 5.92 Å². The molecule has 1 aliphatic carbocycles. The number of rotatable bonds is 4. The van der Waals surface area contributed by atoms with Gasteiger partial charge in [-0.25, -0.2) is 0 Å². The highest BCUT2D eigenvalue weighted by molar-refractivity contribution is 7.99. The van der Waals surface area contributed by atoms with Crippen LogP contribution in [0, 0.1) is 5.92 Å². The number of hydrogen-bond donors (Lipinski definition) is 1. The molecule has 0 bridgehead atoms. The van der Waals surface area contributed by atoms with Crippen molar-refractivity contribution in [2.45, 2.75) is 29.7 Å². The van der Waals surface area contributed by atoms with E-state index in [2.05, 4.69) is 10.2 Å². The van der Waals surface area contributed by atoms with Crippen molar-refractivity contribution in [3.8, 4) is 11.5 Å². The first-order valence-corrected chi connectivity index (χ1v) is 8.35. The molecule has 3 rings (SSSR count). The second-order valence-electron chi connectivity index (χ2n) is 5.09. The third kappa shape index (κ3) is 3.39. The van der Waals surface area contributed by atoms with Crippen molar-refractivity contribution < 1.29 is 14.3 Å². The van der Waals surface area contributed by atoms with E-state index in [9.17, 15) is 4.79 Å². The molecule has 1 aromatic carbocycles. The van der Waals surface area contributed by atoms with Crippen LogP contribution in [0.4, 0.5) is 0 Å². The lowest BCUT2D eigenvalue weighted by Gasteiger charge is -2.05. The number of carboxylic acids is 1. The summed E-state index contributed by atoms with van der Waals surface area (Å²) in [6.45, 7) is 0. The van der Waals surface area contributed by atoms with Crippen molar-refractivity contribution in [1.29, 1.82) is 0 Å². The smallest absolute Gasteiger partial charge is 0.306 e. The van der Waals surface area contributed by atoms with Gasteiger partial charge in [0.2, 0.25) is 5.89 Å². The molecule has 116 valence electrons. The maximum absolute atomic E-state index is 11.0. The molecule has 0 radical (unpaired) electrons. The summed E-state index contributed by atoms with van der Waals surface area (Å²) < 4.78 is 5.61. The molecule has 1 fully saturated rings. The number of nitrogens with zero attached hydrogens (tertiary/aromatic N) is 2. The molecular weight excluding hydrogens is 347 g/mol. The molecule has 22 heavy (non-hydrogen) atoms. The first kappa shape index (κ1) is 15.6. The average molecular weight is 359 g/mol. The Labute approximate surface area is 141 Å². The molecule has 8 heteroatoms. The van der Waals surface area contributed by atoms with Crippen LogP contribution < -0.4 is 0 Å². The monoisotopic (exact) mass is 358 g/mol. The number of carboxylic acid groups (broad SMARTS) is 1. The molecule has 2 aromatic rings. The van der Waals surface area contributed by atoms with E-state index in [4.69, 9.17) is 32.7 Å². The number of halogens is 2. The van der Waals surface area contributed by atoms with Gasteiger partial charge in [-0.15, -0.1) is 10.2 Å². The van der Waals surface area contributed by atoms with Crippen molar-refractivity contribution >= 4 is 40.9 Å². The Morgan fingerprint density at radius 1 is 1.32 bits per heavy atom. The van der Waals surface area contributed by atoms with Crippen LogP contribution in [0.15, 0.2) is 27.8 Å². The van der Waals surface area contributed by atoms with Crippen LogP contribution in [0.5, 0.6) is 0 Å². The van der Waals surface area contributed by atoms with E-state index in [0.29, 0.717) is 39.6 Å². The third-order valence-corrected chi connectivity index (χ3v) is 5.25. The zero-order chi connectivity index (χ0) is 15.7. The quantitative estimate of drug-likeness (QED) is 0.873. The van der Waals surface area contributed by atoms with Crippen molar-refractivity contribution in [3.63, 3.8) is 0 Å². The summed E-state index contributed by atoms with van der Waals surface area (Å²) in [7, 11) is 0. The second kappa shape index (κ2) is 6.48. The Kier molecular flexibility index (Phi) is 4.61. The van der Waals surface area contributed by atoms with Crippen LogP contribution in [-0.2, 0) is 4.79 Å².